The molecule has 1 aliphatic rings. The van der Waals surface area contributed by atoms with Crippen molar-refractivity contribution in [2.45, 2.75) is 39.3 Å². The summed E-state index contributed by atoms with van der Waals surface area (Å²) in [6.07, 6.45) is 1.77. The third-order valence-electron chi connectivity index (χ3n) is 4.80. The molecule has 0 saturated carbocycles. The van der Waals surface area contributed by atoms with Crippen molar-refractivity contribution in [1.29, 1.82) is 0 Å². The van der Waals surface area contributed by atoms with E-state index >= 15 is 0 Å². The highest BCUT2D eigenvalue weighted by molar-refractivity contribution is 5.98. The fourth-order valence-electron chi connectivity index (χ4n) is 3.03. The zero-order chi connectivity index (χ0) is 17.8. The monoisotopic (exact) mass is 336 g/mol. The molecule has 3 rings (SSSR count). The van der Waals surface area contributed by atoms with Crippen molar-refractivity contribution in [2.24, 2.45) is 0 Å². The Balaban J connectivity index is 1.68. The Hall–Kier alpha value is -2.62. The lowest BCUT2D eigenvalue weighted by Gasteiger charge is -2.29. The van der Waals surface area contributed by atoms with Gasteiger partial charge in [0, 0.05) is 30.3 Å². The summed E-state index contributed by atoms with van der Waals surface area (Å²) in [6, 6.07) is 15.3. The van der Waals surface area contributed by atoms with Crippen LogP contribution in [0.25, 0.3) is 0 Å². The predicted octanol–water partition coefficient (Wildman–Crippen LogP) is 3.41. The molecule has 0 fully saturated rings. The second-order valence-corrected chi connectivity index (χ2v) is 6.61. The van der Waals surface area contributed by atoms with E-state index in [1.807, 2.05) is 30.9 Å². The molecule has 1 atom stereocenters. The van der Waals surface area contributed by atoms with E-state index in [1.54, 1.807) is 24.3 Å². The Kier molecular flexibility index (Phi) is 5.17. The number of nitrogens with one attached hydrogen (secondary N) is 1. The van der Waals surface area contributed by atoms with Crippen LogP contribution in [0.15, 0.2) is 48.5 Å². The van der Waals surface area contributed by atoms with Crippen molar-refractivity contribution >= 4 is 11.8 Å². The first-order valence-electron chi connectivity index (χ1n) is 8.85. The lowest BCUT2D eigenvalue weighted by atomic mass is 9.99. The van der Waals surface area contributed by atoms with Crippen molar-refractivity contribution in [1.82, 2.24) is 10.2 Å². The van der Waals surface area contributed by atoms with E-state index in [0.29, 0.717) is 17.7 Å². The highest BCUT2D eigenvalue weighted by atomic mass is 16.2. The number of carbonyl (C=O) groups excluding carboxylic acids is 2. The Bertz CT molecular complexity index is 768. The van der Waals surface area contributed by atoms with Crippen LogP contribution < -0.4 is 5.32 Å². The van der Waals surface area contributed by atoms with Gasteiger partial charge in [-0.05, 0) is 55.2 Å². The first-order chi connectivity index (χ1) is 12.1. The van der Waals surface area contributed by atoms with Gasteiger partial charge in [0.1, 0.15) is 0 Å². The summed E-state index contributed by atoms with van der Waals surface area (Å²) in [5.41, 5.74) is 3.75. The Morgan fingerprint density at radius 3 is 2.36 bits per heavy atom. The summed E-state index contributed by atoms with van der Waals surface area (Å²) < 4.78 is 0. The molecule has 2 aromatic rings. The Labute approximate surface area is 148 Å². The first kappa shape index (κ1) is 17.2. The van der Waals surface area contributed by atoms with Crippen LogP contribution in [0.4, 0.5) is 0 Å². The smallest absolute Gasteiger partial charge is 0.254 e. The second-order valence-electron chi connectivity index (χ2n) is 6.61. The number of rotatable bonds is 4. The standard InChI is InChI=1S/C21H24N2O2/c1-3-15(2)22-20(24)17-8-10-18(11-9-17)21(25)23-13-12-16-6-4-5-7-19(16)14-23/h4-11,15H,3,12-14H2,1-2H3,(H,22,24). The molecule has 0 aromatic heterocycles. The van der Waals surface area contributed by atoms with Crippen LogP contribution in [0.5, 0.6) is 0 Å². The van der Waals surface area contributed by atoms with Crippen LogP contribution in [0.3, 0.4) is 0 Å². The van der Waals surface area contributed by atoms with Crippen LogP contribution in [-0.2, 0) is 13.0 Å². The summed E-state index contributed by atoms with van der Waals surface area (Å²) in [5.74, 6) is -0.0800. The molecule has 1 N–H and O–H groups in total. The number of amides is 2. The van der Waals surface area contributed by atoms with Gasteiger partial charge in [0.15, 0.2) is 0 Å². The zero-order valence-electron chi connectivity index (χ0n) is 14.8. The maximum absolute atomic E-state index is 12.7. The predicted molar refractivity (Wildman–Crippen MR) is 98.5 cm³/mol. The topological polar surface area (TPSA) is 49.4 Å². The molecule has 1 heterocycles. The average molecular weight is 336 g/mol. The largest absolute Gasteiger partial charge is 0.350 e. The van der Waals surface area contributed by atoms with E-state index in [-0.39, 0.29) is 17.9 Å². The van der Waals surface area contributed by atoms with Crippen molar-refractivity contribution in [3.63, 3.8) is 0 Å². The van der Waals surface area contributed by atoms with Gasteiger partial charge in [-0.2, -0.15) is 0 Å². The number of carbonyl (C=O) groups is 2. The minimum atomic E-state index is -0.0970. The molecule has 0 radical (unpaired) electrons. The maximum Gasteiger partial charge on any atom is 0.254 e. The fourth-order valence-corrected chi connectivity index (χ4v) is 3.03. The van der Waals surface area contributed by atoms with Crippen LogP contribution >= 0.6 is 0 Å². The van der Waals surface area contributed by atoms with Gasteiger partial charge in [-0.3, -0.25) is 9.59 Å². The summed E-state index contributed by atoms with van der Waals surface area (Å²) in [6.45, 7) is 5.38. The molecule has 0 spiro atoms. The van der Waals surface area contributed by atoms with E-state index < -0.39 is 0 Å². The Morgan fingerprint density at radius 2 is 1.68 bits per heavy atom. The highest BCUT2D eigenvalue weighted by Crippen LogP contribution is 2.20. The normalized spacial score (nSPS) is 14.6. The van der Waals surface area contributed by atoms with Gasteiger partial charge in [0.25, 0.3) is 11.8 Å². The van der Waals surface area contributed by atoms with Crippen LogP contribution in [-0.4, -0.2) is 29.3 Å². The summed E-state index contributed by atoms with van der Waals surface area (Å²) in [4.78, 5) is 26.7. The summed E-state index contributed by atoms with van der Waals surface area (Å²) >= 11 is 0. The molecule has 25 heavy (non-hydrogen) atoms. The molecule has 2 amide bonds. The maximum atomic E-state index is 12.7. The fraction of sp³-hybridized carbons (Fsp3) is 0.333. The summed E-state index contributed by atoms with van der Waals surface area (Å²) in [7, 11) is 0. The molecule has 1 aliphatic heterocycles. The number of fused-ring (bicyclic) bond motifs is 1. The highest BCUT2D eigenvalue weighted by Gasteiger charge is 2.21. The lowest BCUT2D eigenvalue weighted by Crippen LogP contribution is -2.36. The van der Waals surface area contributed by atoms with Gasteiger partial charge in [0.2, 0.25) is 0 Å². The molecule has 0 aliphatic carbocycles. The minimum absolute atomic E-state index is 0.0170. The number of hydrogen-bond acceptors (Lipinski definition) is 2. The van der Waals surface area contributed by atoms with Crippen molar-refractivity contribution in [3.05, 3.63) is 70.8 Å². The molecule has 0 saturated heterocycles. The number of hydrogen-bond donors (Lipinski definition) is 1. The molecule has 2 aromatic carbocycles. The van der Waals surface area contributed by atoms with Gasteiger partial charge in [-0.25, -0.2) is 0 Å². The quantitative estimate of drug-likeness (QED) is 0.930. The molecule has 130 valence electrons. The van der Waals surface area contributed by atoms with Gasteiger partial charge in [-0.15, -0.1) is 0 Å². The van der Waals surface area contributed by atoms with Crippen molar-refractivity contribution in [2.75, 3.05) is 6.54 Å². The van der Waals surface area contributed by atoms with Gasteiger partial charge >= 0.3 is 0 Å². The van der Waals surface area contributed by atoms with E-state index in [1.165, 1.54) is 11.1 Å². The molecule has 4 nitrogen and oxygen atoms in total. The lowest BCUT2D eigenvalue weighted by molar-refractivity contribution is 0.0734. The van der Waals surface area contributed by atoms with Gasteiger partial charge in [0.05, 0.1) is 0 Å². The third kappa shape index (κ3) is 3.90. The molecule has 0 bridgehead atoms. The zero-order valence-corrected chi connectivity index (χ0v) is 14.8. The number of nitrogens with zero attached hydrogens (tertiary/aromatic N) is 1. The van der Waals surface area contributed by atoms with E-state index in [9.17, 15) is 9.59 Å². The molecule has 1 unspecified atom stereocenters. The first-order valence-corrected chi connectivity index (χ1v) is 8.85. The molecular weight excluding hydrogens is 312 g/mol. The van der Waals surface area contributed by atoms with E-state index in [2.05, 4.69) is 17.4 Å². The average Bonchev–Trinajstić information content (AvgIpc) is 2.67. The Morgan fingerprint density at radius 1 is 1.04 bits per heavy atom. The minimum Gasteiger partial charge on any atom is -0.350 e. The van der Waals surface area contributed by atoms with Gasteiger partial charge in [-0.1, -0.05) is 31.2 Å². The second kappa shape index (κ2) is 7.51. The molecular formula is C21H24N2O2. The van der Waals surface area contributed by atoms with Crippen LogP contribution in [0.1, 0.15) is 52.1 Å². The SMILES string of the molecule is CCC(C)NC(=O)c1ccc(C(=O)N2CCc3ccccc3C2)cc1. The van der Waals surface area contributed by atoms with E-state index in [0.717, 1.165) is 19.4 Å². The summed E-state index contributed by atoms with van der Waals surface area (Å²) in [5, 5.41) is 2.93. The van der Waals surface area contributed by atoms with Crippen LogP contribution in [0, 0.1) is 0 Å². The number of benzene rings is 2. The van der Waals surface area contributed by atoms with Crippen LogP contribution in [0.2, 0.25) is 0 Å². The van der Waals surface area contributed by atoms with Crippen molar-refractivity contribution < 1.29 is 9.59 Å². The van der Waals surface area contributed by atoms with Crippen molar-refractivity contribution in [3.8, 4) is 0 Å². The van der Waals surface area contributed by atoms with E-state index in [4.69, 9.17) is 0 Å². The van der Waals surface area contributed by atoms with Gasteiger partial charge < -0.3 is 10.2 Å². The third-order valence-corrected chi connectivity index (χ3v) is 4.80. The molecule has 4 heteroatoms.